The maximum atomic E-state index is 15.3. The van der Waals surface area contributed by atoms with Crippen LogP contribution >= 0.6 is 0 Å². The summed E-state index contributed by atoms with van der Waals surface area (Å²) >= 11 is 0. The molecule has 0 fully saturated rings. The van der Waals surface area contributed by atoms with E-state index in [0.29, 0.717) is 12.1 Å². The Hall–Kier alpha value is -4.00. The topological polar surface area (TPSA) is 127 Å². The summed E-state index contributed by atoms with van der Waals surface area (Å²) < 4.78 is 84.0. The molecule has 4 aromatic rings. The van der Waals surface area contributed by atoms with Crippen molar-refractivity contribution in [2.75, 3.05) is 10.5 Å². The highest BCUT2D eigenvalue weighted by Gasteiger charge is 2.26. The van der Waals surface area contributed by atoms with Crippen molar-refractivity contribution in [2.45, 2.75) is 4.90 Å². The number of benzene rings is 2. The number of H-pyrrole nitrogens is 1. The molecule has 2 aromatic heterocycles. The van der Waals surface area contributed by atoms with E-state index in [2.05, 4.69) is 20.2 Å². The summed E-state index contributed by atoms with van der Waals surface area (Å²) in [4.78, 5) is 6.67. The van der Waals surface area contributed by atoms with Gasteiger partial charge in [-0.3, -0.25) is 9.82 Å². The van der Waals surface area contributed by atoms with E-state index >= 15 is 4.39 Å². The molecular formula is C19H12F4N6O2S. The second-order valence-corrected chi connectivity index (χ2v) is 8.07. The lowest BCUT2D eigenvalue weighted by atomic mass is 10.0. The first-order valence-corrected chi connectivity index (χ1v) is 10.2. The molecule has 2 heterocycles. The lowest BCUT2D eigenvalue weighted by Crippen LogP contribution is -2.16. The van der Waals surface area contributed by atoms with Gasteiger partial charge in [0, 0.05) is 11.8 Å². The highest BCUT2D eigenvalue weighted by atomic mass is 32.2. The van der Waals surface area contributed by atoms with Gasteiger partial charge in [-0.05, 0) is 36.4 Å². The van der Waals surface area contributed by atoms with E-state index in [1.807, 2.05) is 4.72 Å². The van der Waals surface area contributed by atoms with Crippen LogP contribution in [0.1, 0.15) is 0 Å². The van der Waals surface area contributed by atoms with E-state index < -0.39 is 49.4 Å². The summed E-state index contributed by atoms with van der Waals surface area (Å²) in [6.07, 6.45) is 2.58. The third-order valence-electron chi connectivity index (χ3n) is 4.36. The molecule has 0 aliphatic carbocycles. The number of aromatic amines is 1. The molecule has 0 atom stereocenters. The standard InChI is InChI=1S/C19H12F4N6O2S/c20-9-1-2-11(21)15(7-9)32(30,31)29-14-4-3-12(22)16(17(14)23)18-10(8-26-28-18)13-5-6-25-19(24)27-13/h1-8,29H,(H,26,28)(H2,24,25,27). The molecule has 8 nitrogen and oxygen atoms in total. The van der Waals surface area contributed by atoms with Crippen molar-refractivity contribution in [2.24, 2.45) is 0 Å². The van der Waals surface area contributed by atoms with Crippen molar-refractivity contribution in [1.82, 2.24) is 20.2 Å². The second kappa shape index (κ2) is 7.92. The Morgan fingerprint density at radius 1 is 1.00 bits per heavy atom. The first-order chi connectivity index (χ1) is 15.2. The highest BCUT2D eigenvalue weighted by molar-refractivity contribution is 7.92. The van der Waals surface area contributed by atoms with Gasteiger partial charge in [0.15, 0.2) is 5.82 Å². The molecule has 0 spiro atoms. The average molecular weight is 464 g/mol. The van der Waals surface area contributed by atoms with Crippen molar-refractivity contribution in [3.8, 4) is 22.5 Å². The van der Waals surface area contributed by atoms with Crippen LogP contribution in [0.25, 0.3) is 22.5 Å². The van der Waals surface area contributed by atoms with Crippen molar-refractivity contribution < 1.29 is 26.0 Å². The quantitative estimate of drug-likeness (QED) is 0.388. The Kier molecular flexibility index (Phi) is 5.26. The molecule has 13 heteroatoms. The van der Waals surface area contributed by atoms with Crippen LogP contribution in [0.5, 0.6) is 0 Å². The molecule has 164 valence electrons. The van der Waals surface area contributed by atoms with Crippen LogP contribution < -0.4 is 10.5 Å². The predicted octanol–water partition coefficient (Wildman–Crippen LogP) is 3.47. The number of aromatic nitrogens is 4. The van der Waals surface area contributed by atoms with Gasteiger partial charge in [0.05, 0.1) is 28.8 Å². The third-order valence-corrected chi connectivity index (χ3v) is 5.74. The van der Waals surface area contributed by atoms with Crippen molar-refractivity contribution in [1.29, 1.82) is 0 Å². The molecule has 32 heavy (non-hydrogen) atoms. The molecule has 4 N–H and O–H groups in total. The average Bonchev–Trinajstić information content (AvgIpc) is 3.21. The molecule has 0 aliphatic rings. The first-order valence-electron chi connectivity index (χ1n) is 8.76. The van der Waals surface area contributed by atoms with E-state index in [4.69, 9.17) is 5.73 Å². The fourth-order valence-corrected chi connectivity index (χ4v) is 4.09. The molecule has 0 radical (unpaired) electrons. The Morgan fingerprint density at radius 2 is 1.75 bits per heavy atom. The summed E-state index contributed by atoms with van der Waals surface area (Å²) in [6, 6.07) is 4.82. The van der Waals surface area contributed by atoms with Gasteiger partial charge in [-0.1, -0.05) is 0 Å². The molecule has 0 bridgehead atoms. The van der Waals surface area contributed by atoms with Gasteiger partial charge in [-0.2, -0.15) is 5.10 Å². The molecule has 0 amide bonds. The third kappa shape index (κ3) is 3.85. The number of hydrogen-bond acceptors (Lipinski definition) is 6. The molecule has 4 rings (SSSR count). The van der Waals surface area contributed by atoms with Crippen LogP contribution in [0.4, 0.5) is 29.2 Å². The van der Waals surface area contributed by atoms with Gasteiger partial charge in [0.25, 0.3) is 10.0 Å². The maximum absolute atomic E-state index is 15.3. The fourth-order valence-electron chi connectivity index (χ4n) is 2.94. The van der Waals surface area contributed by atoms with Crippen LogP contribution in [-0.4, -0.2) is 28.6 Å². The zero-order valence-corrected chi connectivity index (χ0v) is 16.6. The summed E-state index contributed by atoms with van der Waals surface area (Å²) in [7, 11) is -4.75. The van der Waals surface area contributed by atoms with Gasteiger partial charge >= 0.3 is 0 Å². The van der Waals surface area contributed by atoms with Crippen molar-refractivity contribution in [3.63, 3.8) is 0 Å². The largest absolute Gasteiger partial charge is 0.368 e. The second-order valence-electron chi connectivity index (χ2n) is 6.42. The van der Waals surface area contributed by atoms with Gasteiger partial charge in [-0.25, -0.2) is 35.9 Å². The van der Waals surface area contributed by atoms with Crippen LogP contribution in [0.2, 0.25) is 0 Å². The normalized spacial score (nSPS) is 11.5. The number of nitrogen functional groups attached to an aromatic ring is 1. The first kappa shape index (κ1) is 21.2. The van der Waals surface area contributed by atoms with Gasteiger partial charge < -0.3 is 5.73 Å². The molecule has 0 saturated heterocycles. The summed E-state index contributed by atoms with van der Waals surface area (Å²) in [5, 5.41) is 6.21. The highest BCUT2D eigenvalue weighted by Crippen LogP contribution is 2.36. The minimum absolute atomic E-state index is 0.0887. The monoisotopic (exact) mass is 464 g/mol. The number of nitrogens with one attached hydrogen (secondary N) is 2. The number of hydrogen-bond donors (Lipinski definition) is 3. The smallest absolute Gasteiger partial charge is 0.265 e. The minimum Gasteiger partial charge on any atom is -0.368 e. The molecule has 0 aliphatic heterocycles. The SMILES string of the molecule is Nc1nccc(-c2cn[nH]c2-c2c(F)ccc(NS(=O)(=O)c3cc(F)ccc3F)c2F)n1. The number of halogens is 4. The van der Waals surface area contributed by atoms with Gasteiger partial charge in [0.2, 0.25) is 5.95 Å². The summed E-state index contributed by atoms with van der Waals surface area (Å²) in [5.41, 5.74) is 4.40. The zero-order chi connectivity index (χ0) is 23.0. The van der Waals surface area contributed by atoms with Crippen LogP contribution in [0.15, 0.2) is 53.7 Å². The number of sulfonamides is 1. The minimum atomic E-state index is -4.75. The van der Waals surface area contributed by atoms with Crippen LogP contribution in [0.3, 0.4) is 0 Å². The number of nitrogens with zero attached hydrogens (tertiary/aromatic N) is 3. The Labute approximate surface area is 178 Å². The van der Waals surface area contributed by atoms with Crippen molar-refractivity contribution >= 4 is 21.7 Å². The van der Waals surface area contributed by atoms with Crippen LogP contribution in [0, 0.1) is 23.3 Å². The predicted molar refractivity (Wildman–Crippen MR) is 107 cm³/mol. The molecule has 0 unspecified atom stereocenters. The molecule has 0 saturated carbocycles. The Morgan fingerprint density at radius 3 is 2.50 bits per heavy atom. The van der Waals surface area contributed by atoms with Crippen LogP contribution in [-0.2, 0) is 10.0 Å². The Bertz CT molecular complexity index is 1440. The summed E-state index contributed by atoms with van der Waals surface area (Å²) in [6.45, 7) is 0. The number of anilines is 2. The molecule has 2 aromatic carbocycles. The number of rotatable bonds is 5. The van der Waals surface area contributed by atoms with Gasteiger partial charge in [-0.15, -0.1) is 0 Å². The Balaban J connectivity index is 1.81. The van der Waals surface area contributed by atoms with Crippen molar-refractivity contribution in [3.05, 3.63) is 72.1 Å². The van der Waals surface area contributed by atoms with Gasteiger partial charge in [0.1, 0.15) is 22.3 Å². The van der Waals surface area contributed by atoms with E-state index in [1.165, 1.54) is 18.5 Å². The van der Waals surface area contributed by atoms with E-state index in [0.717, 1.165) is 18.2 Å². The van der Waals surface area contributed by atoms with E-state index in [9.17, 15) is 21.6 Å². The lowest BCUT2D eigenvalue weighted by Gasteiger charge is -2.13. The summed E-state index contributed by atoms with van der Waals surface area (Å²) in [5.74, 6) is -4.72. The van der Waals surface area contributed by atoms with E-state index in [1.54, 1.807) is 0 Å². The van der Waals surface area contributed by atoms with E-state index in [-0.39, 0.29) is 22.9 Å². The fraction of sp³-hybridized carbons (Fsp3) is 0. The number of nitrogens with two attached hydrogens (primary N) is 1. The maximum Gasteiger partial charge on any atom is 0.265 e. The molecular weight excluding hydrogens is 452 g/mol. The lowest BCUT2D eigenvalue weighted by molar-refractivity contribution is 0.554. The zero-order valence-electron chi connectivity index (χ0n) is 15.8.